The molecule has 1 unspecified atom stereocenters. The SMILES string of the molecule is C=C/C=C(\C=C/C)c1ccc2c(c1)c1cc(C3(C)C=CC(N(C(/C=C\C)=C/C=C)c4ccccc4C)=CC3)ccc1n2-c1cccc(C/C=C(\N)c2ccccc2)c1. The van der Waals surface area contributed by atoms with Gasteiger partial charge in [0, 0.05) is 44.7 Å². The summed E-state index contributed by atoms with van der Waals surface area (Å²) < 4.78 is 2.41. The normalized spacial score (nSPS) is 16.4. The summed E-state index contributed by atoms with van der Waals surface area (Å²) in [6.07, 6.45) is 27.1. The second-order valence-corrected chi connectivity index (χ2v) is 15.1. The van der Waals surface area contributed by atoms with Crippen LogP contribution in [-0.2, 0) is 11.8 Å². The number of para-hydroxylation sites is 1. The maximum absolute atomic E-state index is 6.51. The van der Waals surface area contributed by atoms with Gasteiger partial charge in [0.15, 0.2) is 0 Å². The Hall–Kier alpha value is -6.84. The van der Waals surface area contributed by atoms with Gasteiger partial charge in [-0.25, -0.2) is 0 Å². The first-order valence-electron chi connectivity index (χ1n) is 20.1. The summed E-state index contributed by atoms with van der Waals surface area (Å²) in [4.78, 5) is 2.34. The molecule has 1 aliphatic rings. The minimum Gasteiger partial charge on any atom is -0.398 e. The second-order valence-electron chi connectivity index (χ2n) is 15.1. The Balaban J connectivity index is 1.32. The van der Waals surface area contributed by atoms with E-state index >= 15 is 0 Å². The molecule has 3 heteroatoms. The van der Waals surface area contributed by atoms with Crippen LogP contribution in [0.15, 0.2) is 213 Å². The van der Waals surface area contributed by atoms with Crippen molar-refractivity contribution in [3.8, 4) is 5.69 Å². The average Bonchev–Trinajstić information content (AvgIpc) is 3.58. The number of nitrogens with zero attached hydrogens (tertiary/aromatic N) is 2. The molecule has 58 heavy (non-hydrogen) atoms. The van der Waals surface area contributed by atoms with E-state index in [0.717, 1.165) is 63.5 Å². The van der Waals surface area contributed by atoms with Gasteiger partial charge in [-0.15, -0.1) is 0 Å². The topological polar surface area (TPSA) is 34.2 Å². The van der Waals surface area contributed by atoms with E-state index in [9.17, 15) is 0 Å². The van der Waals surface area contributed by atoms with Crippen molar-refractivity contribution in [1.29, 1.82) is 0 Å². The van der Waals surface area contributed by atoms with Crippen molar-refractivity contribution in [3.05, 3.63) is 241 Å². The third-order valence-corrected chi connectivity index (χ3v) is 11.1. The molecular formula is C55H53N3. The van der Waals surface area contributed by atoms with Crippen molar-refractivity contribution >= 4 is 38.8 Å². The van der Waals surface area contributed by atoms with E-state index in [2.05, 4.69) is 208 Å². The highest BCUT2D eigenvalue weighted by atomic mass is 15.2. The van der Waals surface area contributed by atoms with Crippen LogP contribution in [-0.4, -0.2) is 4.57 Å². The van der Waals surface area contributed by atoms with Gasteiger partial charge < -0.3 is 15.2 Å². The maximum atomic E-state index is 6.51. The Kier molecular flexibility index (Phi) is 11.9. The van der Waals surface area contributed by atoms with Crippen molar-refractivity contribution in [2.45, 2.75) is 46.0 Å². The summed E-state index contributed by atoms with van der Waals surface area (Å²) >= 11 is 0. The number of fused-ring (bicyclic) bond motifs is 3. The van der Waals surface area contributed by atoms with Crippen molar-refractivity contribution in [2.24, 2.45) is 5.73 Å². The van der Waals surface area contributed by atoms with Crippen molar-refractivity contribution in [1.82, 2.24) is 4.57 Å². The fourth-order valence-corrected chi connectivity index (χ4v) is 8.03. The number of nitrogens with two attached hydrogens (primary N) is 1. The summed E-state index contributed by atoms with van der Waals surface area (Å²) in [5.74, 6) is 0. The van der Waals surface area contributed by atoms with E-state index in [1.54, 1.807) is 0 Å². The zero-order valence-corrected chi connectivity index (χ0v) is 34.2. The van der Waals surface area contributed by atoms with Crippen LogP contribution in [0.25, 0.3) is 38.8 Å². The van der Waals surface area contributed by atoms with E-state index in [-0.39, 0.29) is 5.41 Å². The smallest absolute Gasteiger partial charge is 0.0541 e. The summed E-state index contributed by atoms with van der Waals surface area (Å²) in [6, 6.07) is 41.4. The largest absolute Gasteiger partial charge is 0.398 e. The number of hydrogen-bond donors (Lipinski definition) is 1. The first kappa shape index (κ1) is 39.4. The van der Waals surface area contributed by atoms with Gasteiger partial charge in [0.1, 0.15) is 0 Å². The highest BCUT2D eigenvalue weighted by Gasteiger charge is 2.28. The highest BCUT2D eigenvalue weighted by Crippen LogP contribution is 2.41. The molecule has 3 nitrogen and oxygen atoms in total. The molecule has 0 radical (unpaired) electrons. The predicted octanol–water partition coefficient (Wildman–Crippen LogP) is 14.0. The van der Waals surface area contributed by atoms with Crippen LogP contribution in [0.1, 0.15) is 55.0 Å². The van der Waals surface area contributed by atoms with Crippen LogP contribution in [0.2, 0.25) is 0 Å². The van der Waals surface area contributed by atoms with Gasteiger partial charge in [0.2, 0.25) is 0 Å². The summed E-state index contributed by atoms with van der Waals surface area (Å²) in [7, 11) is 0. The van der Waals surface area contributed by atoms with Crippen LogP contribution >= 0.6 is 0 Å². The first-order valence-corrected chi connectivity index (χ1v) is 20.1. The minimum absolute atomic E-state index is 0.214. The fourth-order valence-electron chi connectivity index (χ4n) is 8.03. The van der Waals surface area contributed by atoms with Crippen LogP contribution in [0.3, 0.4) is 0 Å². The van der Waals surface area contributed by atoms with E-state index in [0.29, 0.717) is 0 Å². The third-order valence-electron chi connectivity index (χ3n) is 11.1. The van der Waals surface area contributed by atoms with Crippen LogP contribution in [0, 0.1) is 6.92 Å². The van der Waals surface area contributed by atoms with Gasteiger partial charge in [-0.05, 0) is 128 Å². The molecule has 0 aliphatic heterocycles. The molecule has 1 heterocycles. The van der Waals surface area contributed by atoms with Crippen molar-refractivity contribution in [2.75, 3.05) is 4.90 Å². The molecule has 1 aromatic heterocycles. The fraction of sp³-hybridized carbons (Fsp3) is 0.127. The van der Waals surface area contributed by atoms with Crippen molar-refractivity contribution in [3.63, 3.8) is 0 Å². The molecule has 5 aromatic carbocycles. The lowest BCUT2D eigenvalue weighted by molar-refractivity contribution is 0.596. The van der Waals surface area contributed by atoms with Crippen LogP contribution < -0.4 is 10.6 Å². The molecule has 1 aliphatic carbocycles. The van der Waals surface area contributed by atoms with E-state index in [1.165, 1.54) is 33.0 Å². The lowest BCUT2D eigenvalue weighted by atomic mass is 9.76. The summed E-state index contributed by atoms with van der Waals surface area (Å²) in [6.45, 7) is 16.7. The Labute approximate surface area is 344 Å². The van der Waals surface area contributed by atoms with E-state index in [4.69, 9.17) is 5.73 Å². The first-order chi connectivity index (χ1) is 28.3. The number of aromatic nitrogens is 1. The lowest BCUT2D eigenvalue weighted by Crippen LogP contribution is -2.26. The quantitative estimate of drug-likeness (QED) is 0.119. The van der Waals surface area contributed by atoms with E-state index < -0.39 is 0 Å². The van der Waals surface area contributed by atoms with Gasteiger partial charge in [0.25, 0.3) is 0 Å². The average molecular weight is 756 g/mol. The predicted molar refractivity (Wildman–Crippen MR) is 252 cm³/mol. The number of anilines is 1. The van der Waals surface area contributed by atoms with Crippen LogP contribution in [0.5, 0.6) is 0 Å². The standard InChI is InChI=1S/C55H53N3/c1-7-17-42(18-8-2)44-28-31-53-49(38-44)50-39-45(29-32-54(50)58(53)48-25-16-22-41(37-48)27-30-51(56)43-23-12-11-13-24-43)55(6)35-33-47(34-36-55)57(46(19-9-3)20-10-4)52-26-15-14-21-40(52)5/h7-26,28-35,37-39H,1,3,27,36,56H2,2,4-6H3/b18-8-,20-10-,42-17+,46-19+,51-30-. The third kappa shape index (κ3) is 8.03. The zero-order valence-electron chi connectivity index (χ0n) is 34.2. The highest BCUT2D eigenvalue weighted by molar-refractivity contribution is 6.10. The van der Waals surface area contributed by atoms with Crippen LogP contribution in [0.4, 0.5) is 5.69 Å². The number of rotatable bonds is 13. The molecule has 2 N–H and O–H groups in total. The zero-order chi connectivity index (χ0) is 40.6. The van der Waals surface area contributed by atoms with Gasteiger partial charge in [-0.2, -0.15) is 0 Å². The molecular weight excluding hydrogens is 703 g/mol. The maximum Gasteiger partial charge on any atom is 0.0541 e. The molecule has 288 valence electrons. The molecule has 0 spiro atoms. The summed E-state index contributed by atoms with van der Waals surface area (Å²) in [5, 5.41) is 2.44. The lowest BCUT2D eigenvalue weighted by Gasteiger charge is -2.34. The minimum atomic E-state index is -0.214. The number of hydrogen-bond acceptors (Lipinski definition) is 2. The van der Waals surface area contributed by atoms with Gasteiger partial charge in [0.05, 0.1) is 11.0 Å². The molecule has 1 atom stereocenters. The Morgan fingerprint density at radius 1 is 0.776 bits per heavy atom. The molecule has 0 amide bonds. The van der Waals surface area contributed by atoms with Gasteiger partial charge in [-0.1, -0.05) is 148 Å². The molecule has 0 saturated heterocycles. The molecule has 0 saturated carbocycles. The molecule has 7 rings (SSSR count). The number of benzene rings is 5. The second kappa shape index (κ2) is 17.5. The van der Waals surface area contributed by atoms with Crippen molar-refractivity contribution < 1.29 is 0 Å². The van der Waals surface area contributed by atoms with E-state index in [1.807, 2.05) is 30.4 Å². The summed E-state index contributed by atoms with van der Waals surface area (Å²) in [5.41, 5.74) is 20.9. The van der Waals surface area contributed by atoms with Gasteiger partial charge in [-0.3, -0.25) is 0 Å². The monoisotopic (exact) mass is 755 g/mol. The Morgan fingerprint density at radius 3 is 2.21 bits per heavy atom. The Morgan fingerprint density at radius 2 is 1.50 bits per heavy atom. The number of aryl methyl sites for hydroxylation is 1. The number of allylic oxidation sites excluding steroid dienone is 13. The molecule has 0 bridgehead atoms. The Bertz CT molecular complexity index is 2710. The molecule has 0 fully saturated rings. The van der Waals surface area contributed by atoms with Gasteiger partial charge >= 0.3 is 0 Å². The molecule has 6 aromatic rings.